The smallest absolute Gasteiger partial charge is 0.251 e. The molecule has 1 N–H and O–H groups in total. The van der Waals surface area contributed by atoms with Crippen molar-refractivity contribution in [3.05, 3.63) is 28.8 Å². The van der Waals surface area contributed by atoms with E-state index in [1.165, 1.54) is 32.2 Å². The molecule has 5 heteroatoms. The summed E-state index contributed by atoms with van der Waals surface area (Å²) in [5, 5.41) is 3.46. The van der Waals surface area contributed by atoms with E-state index in [0.29, 0.717) is 29.5 Å². The van der Waals surface area contributed by atoms with E-state index in [9.17, 15) is 4.79 Å². The third-order valence-corrected chi connectivity index (χ3v) is 4.92. The quantitative estimate of drug-likeness (QED) is 0.715. The van der Waals surface area contributed by atoms with E-state index in [4.69, 9.17) is 16.3 Å². The molecule has 1 aliphatic heterocycles. The summed E-state index contributed by atoms with van der Waals surface area (Å²) in [4.78, 5) is 14.8. The lowest BCUT2D eigenvalue weighted by atomic mass is 10.00. The number of likely N-dealkylation sites (tertiary alicyclic amines) is 1. The van der Waals surface area contributed by atoms with Crippen molar-refractivity contribution in [1.29, 1.82) is 0 Å². The van der Waals surface area contributed by atoms with Crippen molar-refractivity contribution in [2.45, 2.75) is 52.0 Å². The Bertz CT molecular complexity index is 536. The molecule has 1 fully saturated rings. The molecule has 0 bridgehead atoms. The van der Waals surface area contributed by atoms with Gasteiger partial charge in [-0.3, -0.25) is 4.79 Å². The molecule has 1 aliphatic rings. The van der Waals surface area contributed by atoms with E-state index in [1.54, 1.807) is 18.2 Å². The molecule has 1 aromatic carbocycles. The number of hydrogen-bond donors (Lipinski definition) is 1. The monoisotopic (exact) mass is 352 g/mol. The summed E-state index contributed by atoms with van der Waals surface area (Å²) in [7, 11) is 0. The van der Waals surface area contributed by atoms with E-state index < -0.39 is 0 Å². The van der Waals surface area contributed by atoms with Crippen molar-refractivity contribution >= 4 is 17.5 Å². The van der Waals surface area contributed by atoms with Gasteiger partial charge in [-0.25, -0.2) is 0 Å². The summed E-state index contributed by atoms with van der Waals surface area (Å²) in [6.07, 6.45) is 6.16. The maximum absolute atomic E-state index is 12.2. The number of piperidine rings is 1. The predicted octanol–water partition coefficient (Wildman–Crippen LogP) is 4.12. The Kier molecular flexibility index (Phi) is 7.86. The van der Waals surface area contributed by atoms with Crippen LogP contribution >= 0.6 is 11.6 Å². The Balaban J connectivity index is 1.75. The zero-order chi connectivity index (χ0) is 17.4. The van der Waals surface area contributed by atoms with Gasteiger partial charge in [-0.05, 0) is 57.4 Å². The molecule has 1 atom stereocenters. The van der Waals surface area contributed by atoms with Crippen LogP contribution in [0.1, 0.15) is 56.3 Å². The third kappa shape index (κ3) is 5.38. The average Bonchev–Trinajstić information content (AvgIpc) is 2.60. The van der Waals surface area contributed by atoms with Gasteiger partial charge in [-0.2, -0.15) is 0 Å². The van der Waals surface area contributed by atoms with Gasteiger partial charge >= 0.3 is 0 Å². The number of hydrogen-bond acceptors (Lipinski definition) is 3. The van der Waals surface area contributed by atoms with Gasteiger partial charge in [-0.15, -0.1) is 0 Å². The molecule has 0 unspecified atom stereocenters. The summed E-state index contributed by atoms with van der Waals surface area (Å²) in [5.74, 6) is 0.539. The Hall–Kier alpha value is -1.26. The molecule has 0 saturated carbocycles. The number of benzene rings is 1. The van der Waals surface area contributed by atoms with Crippen LogP contribution in [-0.4, -0.2) is 43.1 Å². The maximum atomic E-state index is 12.2. The summed E-state index contributed by atoms with van der Waals surface area (Å²) in [5.41, 5.74) is 0.577. The number of amides is 1. The standard InChI is InChI=1S/C19H29ClN2O2/c1-3-16-8-5-6-12-22(16)13-7-11-21-19(23)15-9-10-18(24-4-2)17(20)14-15/h9-10,14,16H,3-8,11-13H2,1-2H3,(H,21,23)/t16-/m0/s1. The van der Waals surface area contributed by atoms with Gasteiger partial charge in [0.2, 0.25) is 0 Å². The molecule has 1 amide bonds. The number of halogens is 1. The number of carbonyl (C=O) groups excluding carboxylic acids is 1. The van der Waals surface area contributed by atoms with Crippen LogP contribution in [0.3, 0.4) is 0 Å². The molecule has 1 aromatic rings. The number of nitrogens with one attached hydrogen (secondary N) is 1. The third-order valence-electron chi connectivity index (χ3n) is 4.62. The number of nitrogens with zero attached hydrogens (tertiary/aromatic N) is 1. The summed E-state index contributed by atoms with van der Waals surface area (Å²) >= 11 is 6.14. The second-order valence-electron chi connectivity index (χ2n) is 6.28. The highest BCUT2D eigenvalue weighted by Crippen LogP contribution is 2.25. The summed E-state index contributed by atoms with van der Waals surface area (Å²) < 4.78 is 5.39. The zero-order valence-electron chi connectivity index (χ0n) is 14.8. The fourth-order valence-electron chi connectivity index (χ4n) is 3.32. The van der Waals surface area contributed by atoms with E-state index in [1.807, 2.05) is 6.92 Å². The van der Waals surface area contributed by atoms with Crippen molar-refractivity contribution in [2.24, 2.45) is 0 Å². The Morgan fingerprint density at radius 3 is 2.92 bits per heavy atom. The number of carbonyl (C=O) groups is 1. The first-order chi connectivity index (χ1) is 11.7. The van der Waals surface area contributed by atoms with Crippen molar-refractivity contribution in [3.63, 3.8) is 0 Å². The van der Waals surface area contributed by atoms with E-state index >= 15 is 0 Å². The van der Waals surface area contributed by atoms with E-state index in [-0.39, 0.29) is 5.91 Å². The highest BCUT2D eigenvalue weighted by molar-refractivity contribution is 6.32. The fourth-order valence-corrected chi connectivity index (χ4v) is 3.55. The molecular weight excluding hydrogens is 324 g/mol. The van der Waals surface area contributed by atoms with E-state index in [2.05, 4.69) is 17.1 Å². The summed E-state index contributed by atoms with van der Waals surface area (Å²) in [6.45, 7) is 7.67. The van der Waals surface area contributed by atoms with Crippen molar-refractivity contribution in [3.8, 4) is 5.75 Å². The molecule has 2 rings (SSSR count). The van der Waals surface area contributed by atoms with Crippen LogP contribution in [0.2, 0.25) is 5.02 Å². The number of ether oxygens (including phenoxy) is 1. The maximum Gasteiger partial charge on any atom is 0.251 e. The van der Waals surface area contributed by atoms with E-state index in [0.717, 1.165) is 19.0 Å². The van der Waals surface area contributed by atoms with Crippen molar-refractivity contribution in [1.82, 2.24) is 10.2 Å². The normalized spacial score (nSPS) is 18.4. The van der Waals surface area contributed by atoms with Crippen LogP contribution < -0.4 is 10.1 Å². The van der Waals surface area contributed by atoms with Gasteiger partial charge in [-0.1, -0.05) is 24.9 Å². The molecular formula is C19H29ClN2O2. The molecule has 1 saturated heterocycles. The molecule has 4 nitrogen and oxygen atoms in total. The lowest BCUT2D eigenvalue weighted by Gasteiger charge is -2.35. The minimum atomic E-state index is -0.0781. The minimum absolute atomic E-state index is 0.0781. The predicted molar refractivity (Wildman–Crippen MR) is 99.1 cm³/mol. The zero-order valence-corrected chi connectivity index (χ0v) is 15.6. The van der Waals surface area contributed by atoms with Crippen LogP contribution in [0.15, 0.2) is 18.2 Å². The molecule has 24 heavy (non-hydrogen) atoms. The average molecular weight is 353 g/mol. The lowest BCUT2D eigenvalue weighted by molar-refractivity contribution is 0.0947. The first-order valence-electron chi connectivity index (χ1n) is 9.10. The van der Waals surface area contributed by atoms with Gasteiger partial charge in [0.1, 0.15) is 5.75 Å². The first-order valence-corrected chi connectivity index (χ1v) is 9.48. The van der Waals surface area contributed by atoms with Crippen molar-refractivity contribution < 1.29 is 9.53 Å². The SMILES string of the molecule is CCOc1ccc(C(=O)NCCCN2CCCC[C@@H]2CC)cc1Cl. The highest BCUT2D eigenvalue weighted by atomic mass is 35.5. The Labute approximate surface area is 150 Å². The molecule has 0 aromatic heterocycles. The van der Waals surface area contributed by atoms with Gasteiger partial charge in [0.15, 0.2) is 0 Å². The fraction of sp³-hybridized carbons (Fsp3) is 0.632. The summed E-state index contributed by atoms with van der Waals surface area (Å²) in [6, 6.07) is 5.89. The molecule has 1 heterocycles. The van der Waals surface area contributed by atoms with Crippen LogP contribution in [-0.2, 0) is 0 Å². The van der Waals surface area contributed by atoms with Crippen molar-refractivity contribution in [2.75, 3.05) is 26.2 Å². The van der Waals surface area contributed by atoms with Crippen LogP contribution in [0.4, 0.5) is 0 Å². The van der Waals surface area contributed by atoms with Gasteiger partial charge in [0.05, 0.1) is 11.6 Å². The molecule has 0 spiro atoms. The largest absolute Gasteiger partial charge is 0.492 e. The minimum Gasteiger partial charge on any atom is -0.492 e. The molecule has 134 valence electrons. The number of rotatable bonds is 8. The molecule has 0 aliphatic carbocycles. The lowest BCUT2D eigenvalue weighted by Crippen LogP contribution is -2.40. The van der Waals surface area contributed by atoms with Gasteiger partial charge in [0, 0.05) is 24.7 Å². The van der Waals surface area contributed by atoms with Crippen LogP contribution in [0.5, 0.6) is 5.75 Å². The van der Waals surface area contributed by atoms with Gasteiger partial charge < -0.3 is 15.0 Å². The second kappa shape index (κ2) is 9.90. The van der Waals surface area contributed by atoms with Crippen LogP contribution in [0.25, 0.3) is 0 Å². The Morgan fingerprint density at radius 2 is 2.21 bits per heavy atom. The Morgan fingerprint density at radius 1 is 1.38 bits per heavy atom. The topological polar surface area (TPSA) is 41.6 Å². The van der Waals surface area contributed by atoms with Gasteiger partial charge in [0.25, 0.3) is 5.91 Å². The first kappa shape index (κ1) is 19.1. The second-order valence-corrected chi connectivity index (χ2v) is 6.69. The molecule has 0 radical (unpaired) electrons. The highest BCUT2D eigenvalue weighted by Gasteiger charge is 2.19. The van der Waals surface area contributed by atoms with Crippen LogP contribution in [0, 0.1) is 0 Å².